The summed E-state index contributed by atoms with van der Waals surface area (Å²) in [5.74, 6) is 0.808. The first-order valence-corrected chi connectivity index (χ1v) is 17.5. The average molecular weight is 593 g/mol. The van der Waals surface area contributed by atoms with Gasteiger partial charge in [-0.05, 0) is 114 Å². The van der Waals surface area contributed by atoms with E-state index >= 15 is 0 Å². The molecule has 4 rings (SSSR count). The summed E-state index contributed by atoms with van der Waals surface area (Å²) in [5, 5.41) is 8.96. The van der Waals surface area contributed by atoms with E-state index in [2.05, 4.69) is 13.0 Å². The highest BCUT2D eigenvalue weighted by atomic mass is 16.7. The van der Waals surface area contributed by atoms with E-state index in [-0.39, 0.29) is 37.2 Å². The Kier molecular flexibility index (Phi) is 16.3. The molecule has 8 atom stereocenters. The molecular weight excluding hydrogens is 532 g/mol. The van der Waals surface area contributed by atoms with Gasteiger partial charge in [-0.3, -0.25) is 0 Å². The van der Waals surface area contributed by atoms with Gasteiger partial charge in [0.2, 0.25) is 0 Å². The summed E-state index contributed by atoms with van der Waals surface area (Å²) in [6.45, 7) is 4.68. The Morgan fingerprint density at radius 2 is 1.33 bits per heavy atom. The van der Waals surface area contributed by atoms with Crippen LogP contribution in [0.25, 0.3) is 0 Å². The lowest BCUT2D eigenvalue weighted by atomic mass is 9.84. The van der Waals surface area contributed by atoms with Crippen LogP contribution in [0.2, 0.25) is 0 Å². The Balaban J connectivity index is 1.45. The Bertz CT molecular complexity index is 740. The molecule has 3 aliphatic heterocycles. The van der Waals surface area contributed by atoms with Gasteiger partial charge >= 0.3 is 0 Å². The summed E-state index contributed by atoms with van der Waals surface area (Å²) >= 11 is 0. The van der Waals surface area contributed by atoms with Gasteiger partial charge in [-0.2, -0.15) is 0 Å². The first kappa shape index (κ1) is 33.9. The Labute approximate surface area is 255 Å². The predicted molar refractivity (Wildman–Crippen MR) is 165 cm³/mol. The first-order valence-electron chi connectivity index (χ1n) is 17.5. The lowest BCUT2D eigenvalue weighted by molar-refractivity contribution is -0.205. The second-order valence-electron chi connectivity index (χ2n) is 12.8. The summed E-state index contributed by atoms with van der Waals surface area (Å²) in [5.41, 5.74) is 0. The average Bonchev–Trinajstić information content (AvgIpc) is 3.33. The maximum Gasteiger partial charge on any atom is 0.157 e. The molecule has 0 spiro atoms. The van der Waals surface area contributed by atoms with Crippen molar-refractivity contribution in [1.29, 1.82) is 0 Å². The van der Waals surface area contributed by atoms with Crippen LogP contribution in [0, 0.1) is 11.8 Å². The summed E-state index contributed by atoms with van der Waals surface area (Å²) in [6, 6.07) is 0. The molecule has 7 nitrogen and oxygen atoms in total. The fourth-order valence-electron chi connectivity index (χ4n) is 7.28. The smallest absolute Gasteiger partial charge is 0.157 e. The predicted octanol–water partition coefficient (Wildman–Crippen LogP) is 8.52. The van der Waals surface area contributed by atoms with Gasteiger partial charge in [0.05, 0.1) is 24.6 Å². The molecule has 0 aromatic heterocycles. The van der Waals surface area contributed by atoms with Crippen LogP contribution in [0.5, 0.6) is 0 Å². The van der Waals surface area contributed by atoms with Crippen LogP contribution >= 0.6 is 0 Å². The number of hydrogen-bond donors (Lipinski definition) is 1. The molecule has 0 bridgehead atoms. The molecular formula is C35H60O7. The fraction of sp³-hybridized carbons (Fsp3) is 0.886. The van der Waals surface area contributed by atoms with Gasteiger partial charge in [0.15, 0.2) is 18.9 Å². The second kappa shape index (κ2) is 20.1. The van der Waals surface area contributed by atoms with Crippen LogP contribution in [-0.4, -0.2) is 62.1 Å². The number of rotatable bonds is 18. The highest BCUT2D eigenvalue weighted by Gasteiger charge is 2.46. The van der Waals surface area contributed by atoms with Crippen molar-refractivity contribution in [2.24, 2.45) is 11.8 Å². The number of aliphatic hydroxyl groups excluding tert-OH is 1. The minimum atomic E-state index is -0.1000. The zero-order chi connectivity index (χ0) is 29.2. The second-order valence-corrected chi connectivity index (χ2v) is 12.8. The Morgan fingerprint density at radius 1 is 0.714 bits per heavy atom. The Morgan fingerprint density at radius 3 is 1.90 bits per heavy atom. The minimum absolute atomic E-state index is 0.0493. The van der Waals surface area contributed by atoms with Crippen LogP contribution in [0.4, 0.5) is 0 Å². The number of ether oxygens (including phenoxy) is 6. The Hall–Kier alpha value is -0.960. The summed E-state index contributed by atoms with van der Waals surface area (Å²) in [4.78, 5) is 0. The van der Waals surface area contributed by atoms with Gasteiger partial charge in [0.1, 0.15) is 0 Å². The van der Waals surface area contributed by atoms with Crippen molar-refractivity contribution in [1.82, 2.24) is 0 Å². The molecule has 4 aliphatic rings. The van der Waals surface area contributed by atoms with Crippen molar-refractivity contribution in [2.45, 2.75) is 166 Å². The van der Waals surface area contributed by atoms with Crippen LogP contribution < -0.4 is 0 Å². The van der Waals surface area contributed by atoms with Crippen molar-refractivity contribution in [3.63, 3.8) is 0 Å². The van der Waals surface area contributed by atoms with Crippen LogP contribution in [0.15, 0.2) is 24.5 Å². The maximum absolute atomic E-state index is 8.96. The van der Waals surface area contributed by atoms with E-state index in [4.69, 9.17) is 33.5 Å². The monoisotopic (exact) mass is 592 g/mol. The molecule has 1 N–H and O–H groups in total. The van der Waals surface area contributed by atoms with Gasteiger partial charge in [0.25, 0.3) is 0 Å². The molecule has 0 aromatic rings. The lowest BCUT2D eigenvalue weighted by Gasteiger charge is -2.33. The number of hydrogen-bond acceptors (Lipinski definition) is 7. The van der Waals surface area contributed by atoms with Crippen molar-refractivity contribution < 1.29 is 33.5 Å². The molecule has 0 aromatic carbocycles. The molecule has 3 heterocycles. The molecule has 3 saturated heterocycles. The van der Waals surface area contributed by atoms with E-state index in [0.29, 0.717) is 11.8 Å². The first-order chi connectivity index (χ1) is 20.8. The van der Waals surface area contributed by atoms with Crippen molar-refractivity contribution >= 4 is 0 Å². The summed E-state index contributed by atoms with van der Waals surface area (Å²) in [7, 11) is 0. The lowest BCUT2D eigenvalue weighted by Crippen LogP contribution is -2.33. The molecule has 242 valence electrons. The number of unbranched alkanes of at least 4 members (excludes halogenated alkanes) is 3. The summed E-state index contributed by atoms with van der Waals surface area (Å²) in [6.07, 6.45) is 27.9. The van der Waals surface area contributed by atoms with Crippen molar-refractivity contribution in [2.75, 3.05) is 19.8 Å². The maximum atomic E-state index is 8.96. The molecule has 1 aliphatic carbocycles. The molecule has 7 heteroatoms. The van der Waals surface area contributed by atoms with Crippen LogP contribution in [0.1, 0.15) is 129 Å². The van der Waals surface area contributed by atoms with E-state index in [1.165, 1.54) is 38.5 Å². The van der Waals surface area contributed by atoms with E-state index in [1.54, 1.807) is 6.08 Å². The van der Waals surface area contributed by atoms with E-state index in [0.717, 1.165) is 110 Å². The molecule has 3 unspecified atom stereocenters. The number of allylic oxidation sites excluding steroid dienone is 3. The van der Waals surface area contributed by atoms with Crippen molar-refractivity contribution in [3.05, 3.63) is 24.5 Å². The third-order valence-corrected chi connectivity index (χ3v) is 9.57. The highest BCUT2D eigenvalue weighted by molar-refractivity contribution is 4.99. The molecule has 0 amide bonds. The van der Waals surface area contributed by atoms with Gasteiger partial charge in [-0.15, -0.1) is 0 Å². The van der Waals surface area contributed by atoms with Gasteiger partial charge in [-0.1, -0.05) is 38.3 Å². The third kappa shape index (κ3) is 11.9. The largest absolute Gasteiger partial charge is 0.516 e. The topological polar surface area (TPSA) is 75.6 Å². The zero-order valence-corrected chi connectivity index (χ0v) is 26.4. The van der Waals surface area contributed by atoms with E-state index in [1.807, 2.05) is 6.08 Å². The highest BCUT2D eigenvalue weighted by Crippen LogP contribution is 2.44. The minimum Gasteiger partial charge on any atom is -0.516 e. The zero-order valence-electron chi connectivity index (χ0n) is 26.4. The fourth-order valence-corrected chi connectivity index (χ4v) is 7.28. The SMILES string of the molecule is CCCCC[C@@H](CC[C@@H]1[C@@H](CCCC=CC=CO)[C@@H](OC2CCCCO2)C[C@H]1OC1CCCCO1)OC1CCCCO1. The van der Waals surface area contributed by atoms with Crippen LogP contribution in [-0.2, 0) is 28.4 Å². The van der Waals surface area contributed by atoms with Crippen LogP contribution in [0.3, 0.4) is 0 Å². The summed E-state index contributed by atoms with van der Waals surface area (Å²) < 4.78 is 38.3. The molecule has 42 heavy (non-hydrogen) atoms. The molecule has 4 fully saturated rings. The number of aliphatic hydroxyl groups is 1. The van der Waals surface area contributed by atoms with E-state index in [9.17, 15) is 0 Å². The van der Waals surface area contributed by atoms with Gasteiger partial charge in [0, 0.05) is 26.2 Å². The quantitative estimate of drug-likeness (QED) is 0.0971. The molecule has 1 saturated carbocycles. The van der Waals surface area contributed by atoms with E-state index < -0.39 is 0 Å². The van der Waals surface area contributed by atoms with Gasteiger partial charge in [-0.25, -0.2) is 0 Å². The molecule has 0 radical (unpaired) electrons. The normalized spacial score (nSPS) is 33.5. The third-order valence-electron chi connectivity index (χ3n) is 9.57. The van der Waals surface area contributed by atoms with Gasteiger partial charge < -0.3 is 33.5 Å². The van der Waals surface area contributed by atoms with Crippen molar-refractivity contribution in [3.8, 4) is 0 Å². The standard InChI is InChI=1S/C35H60O7/c1-2-3-7-16-28(40-33-18-9-13-24-37-33)21-22-30-29(17-8-5-4-6-12-23-36)31(41-34-19-10-14-25-38-34)27-32(30)42-35-20-11-15-26-39-35/h4,6,12,23,28-36H,2-3,5,7-11,13-22,24-27H2,1H3/t28-,29+,30+,31-,32+,33?,34?,35?/m0/s1.